The quantitative estimate of drug-likeness (QED) is 0.150. The van der Waals surface area contributed by atoms with E-state index in [0.29, 0.717) is 18.5 Å². The minimum Gasteiger partial charge on any atom is -0.390 e. The molecule has 1 aliphatic heterocycles. The minimum absolute atomic E-state index is 0.0371. The molecule has 4 rings (SSSR count). The van der Waals surface area contributed by atoms with Gasteiger partial charge < -0.3 is 26.8 Å². The Morgan fingerprint density at radius 1 is 0.926 bits per heavy atom. The van der Waals surface area contributed by atoms with Crippen molar-refractivity contribution in [2.75, 3.05) is 12.3 Å². The number of rotatable bonds is 18. The van der Waals surface area contributed by atoms with E-state index in [-0.39, 0.29) is 53.2 Å². The molecule has 6 N–H and O–H groups in total. The molecule has 12 nitrogen and oxygen atoms in total. The number of nitrogens with zero attached hydrogens (tertiary/aromatic N) is 1. The number of aliphatic hydroxyl groups excluding tert-OH is 1. The SMILES string of the molecule is CC(C)CNC(=O)C(N)[C@@H](O)[C@H](CC1CCCCC1)C(=O)[C@H](CC(C)C)NC(=O)[C@H](Cc1ccccc1)NC(=O)CC1CS(=O)(=O)c2cc(C#N)ccc21. The molecule has 2 unspecified atom stereocenters. The lowest BCUT2D eigenvalue weighted by Gasteiger charge is -2.34. The molecule has 0 radical (unpaired) electrons. The van der Waals surface area contributed by atoms with E-state index in [2.05, 4.69) is 16.0 Å². The molecular formula is C41H57N5O7S. The highest BCUT2D eigenvalue weighted by Crippen LogP contribution is 2.37. The zero-order valence-corrected chi connectivity index (χ0v) is 32.7. The Balaban J connectivity index is 1.58. The molecule has 1 saturated carbocycles. The average Bonchev–Trinajstić information content (AvgIpc) is 3.39. The van der Waals surface area contributed by atoms with Gasteiger partial charge in [0.05, 0.1) is 34.4 Å². The highest BCUT2D eigenvalue weighted by Gasteiger charge is 2.41. The third kappa shape index (κ3) is 11.7. The van der Waals surface area contributed by atoms with Crippen LogP contribution in [0.25, 0.3) is 0 Å². The second-order valence-corrected chi connectivity index (χ2v) is 18.0. The lowest BCUT2D eigenvalue weighted by molar-refractivity contribution is -0.137. The van der Waals surface area contributed by atoms with E-state index >= 15 is 0 Å². The van der Waals surface area contributed by atoms with Gasteiger partial charge in [-0.2, -0.15) is 5.26 Å². The summed E-state index contributed by atoms with van der Waals surface area (Å²) in [5, 5.41) is 29.3. The van der Waals surface area contributed by atoms with Crippen LogP contribution in [0.2, 0.25) is 0 Å². The first-order chi connectivity index (χ1) is 25.6. The number of amides is 3. The van der Waals surface area contributed by atoms with Crippen LogP contribution >= 0.6 is 0 Å². The van der Waals surface area contributed by atoms with Gasteiger partial charge >= 0.3 is 0 Å². The molecule has 2 aromatic rings. The molecule has 0 bridgehead atoms. The summed E-state index contributed by atoms with van der Waals surface area (Å²) in [4.78, 5) is 55.4. The molecule has 2 aromatic carbocycles. The Kier molecular flexibility index (Phi) is 15.4. The maximum absolute atomic E-state index is 14.6. The number of carbonyl (C=O) groups excluding carboxylic acids is 4. The van der Waals surface area contributed by atoms with Crippen molar-refractivity contribution in [3.8, 4) is 6.07 Å². The molecule has 0 saturated heterocycles. The Morgan fingerprint density at radius 3 is 2.24 bits per heavy atom. The van der Waals surface area contributed by atoms with E-state index in [4.69, 9.17) is 5.73 Å². The van der Waals surface area contributed by atoms with Gasteiger partial charge in [-0.15, -0.1) is 0 Å². The van der Waals surface area contributed by atoms with Crippen molar-refractivity contribution in [1.82, 2.24) is 16.0 Å². The van der Waals surface area contributed by atoms with E-state index in [0.717, 1.165) is 37.7 Å². The summed E-state index contributed by atoms with van der Waals surface area (Å²) in [6.45, 7) is 8.08. The van der Waals surface area contributed by atoms with Crippen molar-refractivity contribution in [3.05, 3.63) is 65.2 Å². The molecule has 0 spiro atoms. The number of Topliss-reactive ketones (excluding diaryl/α,β-unsaturated/α-hetero) is 1. The molecule has 13 heteroatoms. The molecule has 1 heterocycles. The van der Waals surface area contributed by atoms with E-state index in [9.17, 15) is 38.0 Å². The Bertz CT molecular complexity index is 1770. The number of nitrogens with one attached hydrogen (secondary N) is 3. The predicted octanol–water partition coefficient (Wildman–Crippen LogP) is 3.69. The van der Waals surface area contributed by atoms with Gasteiger partial charge in [0.25, 0.3) is 0 Å². The molecule has 3 amide bonds. The fraction of sp³-hybridized carbons (Fsp3) is 0.585. The summed E-state index contributed by atoms with van der Waals surface area (Å²) >= 11 is 0. The van der Waals surface area contributed by atoms with Gasteiger partial charge in [-0.3, -0.25) is 19.2 Å². The van der Waals surface area contributed by atoms with Crippen molar-refractivity contribution >= 4 is 33.3 Å². The monoisotopic (exact) mass is 763 g/mol. The Hall–Kier alpha value is -4.12. The standard InChI is InChI=1S/C41H57N5O7S/c1-25(2)17-33(38(48)32(18-27-11-7-5-8-12-27)39(49)37(43)41(51)44-23-26(3)4)46-40(50)34(19-28-13-9-6-10-14-28)45-36(47)21-30-24-54(52,53)35-20-29(22-42)15-16-31(30)35/h6,9-10,13-16,20,25-27,30,32-34,37,39,49H,5,7-8,11-12,17-19,21,23-24,43H2,1-4H3,(H,44,51)(H,45,47)(H,46,50)/t30?,32-,33+,34+,37?,39+/m1/s1. The maximum atomic E-state index is 14.6. The summed E-state index contributed by atoms with van der Waals surface area (Å²) in [5.41, 5.74) is 7.72. The number of carbonyl (C=O) groups is 4. The van der Waals surface area contributed by atoms with Crippen LogP contribution < -0.4 is 21.7 Å². The number of hydrogen-bond acceptors (Lipinski definition) is 9. The van der Waals surface area contributed by atoms with E-state index in [1.165, 1.54) is 12.1 Å². The maximum Gasteiger partial charge on any atom is 0.243 e. The number of nitriles is 1. The van der Waals surface area contributed by atoms with E-state index in [1.54, 1.807) is 6.07 Å². The smallest absolute Gasteiger partial charge is 0.243 e. The third-order valence-electron chi connectivity index (χ3n) is 10.5. The van der Waals surface area contributed by atoms with E-state index < -0.39 is 69.4 Å². The Labute approximate surface area is 320 Å². The average molecular weight is 764 g/mol. The number of hydrogen-bond donors (Lipinski definition) is 5. The largest absolute Gasteiger partial charge is 0.390 e. The summed E-state index contributed by atoms with van der Waals surface area (Å²) < 4.78 is 25.9. The van der Waals surface area contributed by atoms with Crippen LogP contribution in [-0.4, -0.2) is 73.6 Å². The van der Waals surface area contributed by atoms with Gasteiger partial charge in [0.15, 0.2) is 15.6 Å². The molecule has 1 aliphatic carbocycles. The van der Waals surface area contributed by atoms with Gasteiger partial charge in [0.2, 0.25) is 17.7 Å². The molecule has 1 fully saturated rings. The van der Waals surface area contributed by atoms with Crippen molar-refractivity contribution in [3.63, 3.8) is 0 Å². The summed E-state index contributed by atoms with van der Waals surface area (Å²) in [6, 6.07) is 11.9. The molecular weight excluding hydrogens is 707 g/mol. The fourth-order valence-corrected chi connectivity index (χ4v) is 9.55. The lowest BCUT2D eigenvalue weighted by Crippen LogP contribution is -2.57. The fourth-order valence-electron chi connectivity index (χ4n) is 7.64. The second kappa shape index (κ2) is 19.5. The lowest BCUT2D eigenvalue weighted by atomic mass is 9.76. The molecule has 294 valence electrons. The summed E-state index contributed by atoms with van der Waals surface area (Å²) in [6.07, 6.45) is 3.89. The number of fused-ring (bicyclic) bond motifs is 1. The van der Waals surface area contributed by atoms with E-state index in [1.807, 2.05) is 64.1 Å². The highest BCUT2D eigenvalue weighted by atomic mass is 32.2. The third-order valence-corrected chi connectivity index (χ3v) is 12.4. The molecule has 2 aliphatic rings. The van der Waals surface area contributed by atoms with Gasteiger partial charge in [-0.1, -0.05) is 96.2 Å². The zero-order chi connectivity index (χ0) is 39.6. The van der Waals surface area contributed by atoms with Gasteiger partial charge in [0.1, 0.15) is 12.1 Å². The number of nitrogens with two attached hydrogens (primary N) is 1. The van der Waals surface area contributed by atoms with Crippen LogP contribution in [0.1, 0.15) is 102 Å². The van der Waals surface area contributed by atoms with Crippen LogP contribution in [0.15, 0.2) is 53.4 Å². The highest BCUT2D eigenvalue weighted by molar-refractivity contribution is 7.91. The first-order valence-corrected chi connectivity index (χ1v) is 20.9. The summed E-state index contributed by atoms with van der Waals surface area (Å²) in [5.74, 6) is -3.79. The van der Waals surface area contributed by atoms with Crippen molar-refractivity contribution in [1.29, 1.82) is 5.26 Å². The Morgan fingerprint density at radius 2 is 1.61 bits per heavy atom. The topological polar surface area (TPSA) is 209 Å². The van der Waals surface area contributed by atoms with Crippen LogP contribution in [0.3, 0.4) is 0 Å². The number of benzene rings is 2. The number of sulfone groups is 1. The van der Waals surface area contributed by atoms with Crippen molar-refractivity contribution < 1.29 is 32.7 Å². The van der Waals surface area contributed by atoms with Gasteiger partial charge in [-0.25, -0.2) is 8.42 Å². The van der Waals surface area contributed by atoms with Gasteiger partial charge in [-0.05, 0) is 53.9 Å². The first kappa shape index (κ1) is 42.6. The van der Waals surface area contributed by atoms with Crippen molar-refractivity contribution in [2.45, 2.75) is 121 Å². The van der Waals surface area contributed by atoms with Crippen LogP contribution in [-0.2, 0) is 35.4 Å². The van der Waals surface area contributed by atoms with Crippen LogP contribution in [0.4, 0.5) is 0 Å². The van der Waals surface area contributed by atoms with Gasteiger partial charge in [0, 0.05) is 31.2 Å². The molecule has 0 aromatic heterocycles. The van der Waals surface area contributed by atoms with Crippen LogP contribution in [0, 0.1) is 35.0 Å². The predicted molar refractivity (Wildman–Crippen MR) is 206 cm³/mol. The minimum atomic E-state index is -3.71. The van der Waals surface area contributed by atoms with Crippen molar-refractivity contribution in [2.24, 2.45) is 29.4 Å². The first-order valence-electron chi connectivity index (χ1n) is 19.2. The number of aliphatic hydroxyl groups is 1. The summed E-state index contributed by atoms with van der Waals surface area (Å²) in [7, 11) is -3.71. The molecule has 54 heavy (non-hydrogen) atoms. The van der Waals surface area contributed by atoms with Crippen LogP contribution in [0.5, 0.6) is 0 Å². The number of ketones is 1. The normalized spacial score (nSPS) is 19.5. The molecule has 6 atom stereocenters. The second-order valence-electron chi connectivity index (χ2n) is 16.0. The zero-order valence-electron chi connectivity index (χ0n) is 31.9.